The summed E-state index contributed by atoms with van der Waals surface area (Å²) in [5.41, 5.74) is 18.4. The molecule has 1 saturated carbocycles. The predicted molar refractivity (Wildman–Crippen MR) is 163 cm³/mol. The molecule has 0 radical (unpaired) electrons. The molecule has 2 aliphatic rings. The van der Waals surface area contributed by atoms with E-state index in [1.54, 1.807) is 0 Å². The highest BCUT2D eigenvalue weighted by Gasteiger charge is 2.31. The summed E-state index contributed by atoms with van der Waals surface area (Å²) < 4.78 is 0. The zero-order chi connectivity index (χ0) is 28.6. The summed E-state index contributed by atoms with van der Waals surface area (Å²) in [6.45, 7) is 9.53. The lowest BCUT2D eigenvalue weighted by molar-refractivity contribution is -0.136. The number of anilines is 1. The normalized spacial score (nSPS) is 17.1. The van der Waals surface area contributed by atoms with Crippen LogP contribution in [0.3, 0.4) is 0 Å². The van der Waals surface area contributed by atoms with Crippen LogP contribution in [-0.2, 0) is 22.4 Å². The number of nitrogens with zero attached hydrogens (tertiary/aromatic N) is 2. The van der Waals surface area contributed by atoms with E-state index in [1.165, 1.54) is 29.5 Å². The summed E-state index contributed by atoms with van der Waals surface area (Å²) in [6, 6.07) is 14.5. The molecule has 2 atom stereocenters. The van der Waals surface area contributed by atoms with Crippen molar-refractivity contribution in [3.8, 4) is 0 Å². The molecule has 0 spiro atoms. The van der Waals surface area contributed by atoms with Gasteiger partial charge in [0.2, 0.25) is 11.8 Å². The molecule has 2 amide bonds. The maximum atomic E-state index is 13.9. The fraction of sp³-hybridized carbons (Fsp3) is 0.576. The van der Waals surface area contributed by atoms with Crippen molar-refractivity contribution < 1.29 is 9.59 Å². The largest absolute Gasteiger partial charge is 0.368 e. The van der Waals surface area contributed by atoms with Crippen molar-refractivity contribution in [2.24, 2.45) is 17.4 Å². The molecule has 4 rings (SSSR count). The van der Waals surface area contributed by atoms with E-state index >= 15 is 0 Å². The van der Waals surface area contributed by atoms with Crippen LogP contribution in [0.2, 0.25) is 0 Å². The van der Waals surface area contributed by atoms with Crippen LogP contribution in [0.4, 0.5) is 5.69 Å². The molecule has 218 valence electrons. The van der Waals surface area contributed by atoms with Crippen molar-refractivity contribution >= 4 is 17.5 Å². The smallest absolute Gasteiger partial charge is 0.245 e. The molecular formula is C33H49N5O2. The van der Waals surface area contributed by atoms with Gasteiger partial charge in [0.1, 0.15) is 6.04 Å². The zero-order valence-corrected chi connectivity index (χ0v) is 24.7. The third-order valence-electron chi connectivity index (χ3n) is 8.22. The van der Waals surface area contributed by atoms with Gasteiger partial charge >= 0.3 is 0 Å². The van der Waals surface area contributed by atoms with E-state index in [1.807, 2.05) is 4.90 Å². The maximum Gasteiger partial charge on any atom is 0.245 e. The quantitative estimate of drug-likeness (QED) is 0.347. The van der Waals surface area contributed by atoms with Gasteiger partial charge in [0.15, 0.2) is 0 Å². The van der Waals surface area contributed by atoms with E-state index in [0.29, 0.717) is 31.3 Å². The van der Waals surface area contributed by atoms with Crippen molar-refractivity contribution in [3.05, 3.63) is 64.7 Å². The van der Waals surface area contributed by atoms with Crippen molar-refractivity contribution in [1.29, 1.82) is 0 Å². The summed E-state index contributed by atoms with van der Waals surface area (Å²) in [5.74, 6) is 1.03. The summed E-state index contributed by atoms with van der Waals surface area (Å²) in [4.78, 5) is 30.8. The first-order valence-electron chi connectivity index (χ1n) is 15.3. The van der Waals surface area contributed by atoms with Gasteiger partial charge in [-0.3, -0.25) is 9.59 Å². The number of rotatable bonds is 13. The van der Waals surface area contributed by atoms with Gasteiger partial charge in [-0.25, -0.2) is 0 Å². The number of para-hydroxylation sites is 1. The molecule has 1 aliphatic heterocycles. The van der Waals surface area contributed by atoms with Crippen LogP contribution < -0.4 is 21.7 Å². The highest BCUT2D eigenvalue weighted by molar-refractivity contribution is 5.88. The number of carbonyl (C=O) groups excluding carboxylic acids is 2. The van der Waals surface area contributed by atoms with E-state index in [4.69, 9.17) is 11.5 Å². The summed E-state index contributed by atoms with van der Waals surface area (Å²) in [6.07, 6.45) is 6.20. The molecule has 2 fully saturated rings. The lowest BCUT2D eigenvalue weighted by Gasteiger charge is -2.39. The molecule has 1 heterocycles. The molecule has 40 heavy (non-hydrogen) atoms. The Morgan fingerprint density at radius 1 is 1.02 bits per heavy atom. The minimum absolute atomic E-state index is 0.0106. The molecule has 7 nitrogen and oxygen atoms in total. The maximum absolute atomic E-state index is 13.9. The highest BCUT2D eigenvalue weighted by Crippen LogP contribution is 2.40. The number of nitrogens with one attached hydrogen (secondary N) is 1. The molecule has 2 unspecified atom stereocenters. The second-order valence-corrected chi connectivity index (χ2v) is 12.0. The van der Waals surface area contributed by atoms with Crippen LogP contribution in [0.15, 0.2) is 42.5 Å². The first kappa shape index (κ1) is 30.1. The van der Waals surface area contributed by atoms with Crippen LogP contribution in [0.5, 0.6) is 0 Å². The van der Waals surface area contributed by atoms with Crippen molar-refractivity contribution in [2.45, 2.75) is 83.7 Å². The SMILES string of the molecule is CCCc1cc(C2CC2)ccc1CC(NC(=O)CCN)C(=O)N1CCN(c2ccccc2C(N)CC(C)C)CC1. The number of amides is 2. The van der Waals surface area contributed by atoms with E-state index in [0.717, 1.165) is 43.6 Å². The standard InChI is InChI=1S/C33H49N5O2/c1-4-7-25-21-26(24-10-11-24)12-13-27(25)22-30(36-32(39)14-15-34)33(40)38-18-16-37(17-19-38)31-9-6-5-8-28(31)29(35)20-23(2)3/h5-6,8-9,12-13,21,23-24,29-30H,4,7,10-11,14-20,22,34-35H2,1-3H3,(H,36,39). The average Bonchev–Trinajstić information content (AvgIpc) is 3.79. The van der Waals surface area contributed by atoms with Gasteiger partial charge in [-0.05, 0) is 65.8 Å². The second kappa shape index (κ2) is 14.1. The van der Waals surface area contributed by atoms with E-state index in [-0.39, 0.29) is 30.8 Å². The van der Waals surface area contributed by atoms with E-state index in [2.05, 4.69) is 73.5 Å². The summed E-state index contributed by atoms with van der Waals surface area (Å²) in [7, 11) is 0. The number of benzene rings is 2. The van der Waals surface area contributed by atoms with Crippen molar-refractivity contribution in [3.63, 3.8) is 0 Å². The lowest BCUT2D eigenvalue weighted by atomic mass is 9.93. The Morgan fingerprint density at radius 3 is 2.40 bits per heavy atom. The Kier molecular flexibility index (Phi) is 10.6. The molecule has 5 N–H and O–H groups in total. The second-order valence-electron chi connectivity index (χ2n) is 12.0. The Morgan fingerprint density at radius 2 is 1.75 bits per heavy atom. The lowest BCUT2D eigenvalue weighted by Crippen LogP contribution is -2.56. The van der Waals surface area contributed by atoms with Crippen LogP contribution in [0, 0.1) is 5.92 Å². The first-order valence-corrected chi connectivity index (χ1v) is 15.3. The van der Waals surface area contributed by atoms with Crippen LogP contribution in [0.1, 0.15) is 87.1 Å². The Labute approximate surface area is 240 Å². The third kappa shape index (κ3) is 7.85. The third-order valence-corrected chi connectivity index (χ3v) is 8.22. The minimum Gasteiger partial charge on any atom is -0.368 e. The van der Waals surface area contributed by atoms with Gasteiger partial charge in [-0.2, -0.15) is 0 Å². The van der Waals surface area contributed by atoms with Gasteiger partial charge in [0.25, 0.3) is 0 Å². The van der Waals surface area contributed by atoms with E-state index in [9.17, 15) is 9.59 Å². The molecule has 0 aromatic heterocycles. The van der Waals surface area contributed by atoms with Crippen LogP contribution in [-0.4, -0.2) is 55.5 Å². The number of hydrogen-bond donors (Lipinski definition) is 3. The average molecular weight is 548 g/mol. The van der Waals surface area contributed by atoms with Gasteiger partial charge in [-0.1, -0.05) is 63.6 Å². The fourth-order valence-corrected chi connectivity index (χ4v) is 5.95. The van der Waals surface area contributed by atoms with Gasteiger partial charge in [-0.15, -0.1) is 0 Å². The monoisotopic (exact) mass is 547 g/mol. The molecule has 0 bridgehead atoms. The number of piperazine rings is 1. The number of aryl methyl sites for hydroxylation is 1. The van der Waals surface area contributed by atoms with Gasteiger partial charge in [0, 0.05) is 57.3 Å². The summed E-state index contributed by atoms with van der Waals surface area (Å²) >= 11 is 0. The van der Waals surface area contributed by atoms with Gasteiger partial charge in [0.05, 0.1) is 0 Å². The molecular weight excluding hydrogens is 498 g/mol. The van der Waals surface area contributed by atoms with Gasteiger partial charge < -0.3 is 26.6 Å². The Bertz CT molecular complexity index is 1140. The molecule has 2 aromatic rings. The first-order chi connectivity index (χ1) is 19.3. The molecule has 7 heteroatoms. The number of nitrogens with two attached hydrogens (primary N) is 2. The van der Waals surface area contributed by atoms with Crippen molar-refractivity contribution in [2.75, 3.05) is 37.6 Å². The number of hydrogen-bond acceptors (Lipinski definition) is 5. The number of carbonyl (C=O) groups is 2. The zero-order valence-electron chi connectivity index (χ0n) is 24.7. The minimum atomic E-state index is -0.597. The molecule has 1 saturated heterocycles. The van der Waals surface area contributed by atoms with E-state index < -0.39 is 6.04 Å². The molecule has 2 aromatic carbocycles. The van der Waals surface area contributed by atoms with Crippen LogP contribution >= 0.6 is 0 Å². The summed E-state index contributed by atoms with van der Waals surface area (Å²) in [5, 5.41) is 3.03. The Hall–Kier alpha value is -2.90. The topological polar surface area (TPSA) is 105 Å². The van der Waals surface area contributed by atoms with Crippen LogP contribution in [0.25, 0.3) is 0 Å². The fourth-order valence-electron chi connectivity index (χ4n) is 5.95. The highest BCUT2D eigenvalue weighted by atomic mass is 16.2. The Balaban J connectivity index is 1.47. The van der Waals surface area contributed by atoms with Crippen molar-refractivity contribution in [1.82, 2.24) is 10.2 Å². The predicted octanol–water partition coefficient (Wildman–Crippen LogP) is 4.29. The molecule has 1 aliphatic carbocycles.